The maximum Gasteiger partial charge on any atom is 0.387 e. The molecular weight excluding hydrogens is 342 g/mol. The Kier molecular flexibility index (Phi) is 7.30. The minimum absolute atomic E-state index is 0.0123. The second kappa shape index (κ2) is 9.93. The van der Waals surface area contributed by atoms with Crippen LogP contribution < -0.4 is 15.4 Å². The van der Waals surface area contributed by atoms with Gasteiger partial charge in [-0.05, 0) is 24.3 Å². The van der Waals surface area contributed by atoms with Crippen molar-refractivity contribution in [3.05, 3.63) is 71.8 Å². The lowest BCUT2D eigenvalue weighted by molar-refractivity contribution is -0.116. The summed E-state index contributed by atoms with van der Waals surface area (Å²) < 4.78 is 29.0. The van der Waals surface area contributed by atoms with Gasteiger partial charge in [0.05, 0.1) is 0 Å². The van der Waals surface area contributed by atoms with E-state index in [1.165, 1.54) is 18.2 Å². The SMILES string of the molecule is O=C(/C=C/c1ccccc1OC(F)F)NCCNC(=O)c1ccccc1. The fourth-order valence-electron chi connectivity index (χ4n) is 2.10. The number of hydrogen-bond donors (Lipinski definition) is 2. The number of benzene rings is 2. The highest BCUT2D eigenvalue weighted by Crippen LogP contribution is 2.21. The van der Waals surface area contributed by atoms with Gasteiger partial charge in [0.25, 0.3) is 5.91 Å². The summed E-state index contributed by atoms with van der Waals surface area (Å²) in [6.07, 6.45) is 2.60. The van der Waals surface area contributed by atoms with Crippen LogP contribution in [0.2, 0.25) is 0 Å². The van der Waals surface area contributed by atoms with Crippen LogP contribution in [0.3, 0.4) is 0 Å². The van der Waals surface area contributed by atoms with Gasteiger partial charge < -0.3 is 15.4 Å². The Bertz CT molecular complexity index is 764. The molecule has 7 heteroatoms. The number of ether oxygens (including phenoxy) is 1. The number of alkyl halides is 2. The summed E-state index contributed by atoms with van der Waals surface area (Å²) in [6, 6.07) is 14.9. The van der Waals surface area contributed by atoms with E-state index in [0.29, 0.717) is 11.1 Å². The number of halogens is 2. The molecular formula is C19H18F2N2O3. The molecule has 0 atom stereocenters. The van der Waals surface area contributed by atoms with Crippen molar-refractivity contribution in [2.75, 3.05) is 13.1 Å². The van der Waals surface area contributed by atoms with Crippen molar-refractivity contribution in [2.45, 2.75) is 6.61 Å². The fraction of sp³-hybridized carbons (Fsp3) is 0.158. The maximum absolute atomic E-state index is 12.3. The van der Waals surface area contributed by atoms with Gasteiger partial charge in [0.2, 0.25) is 5.91 Å². The summed E-state index contributed by atoms with van der Waals surface area (Å²) in [7, 11) is 0. The molecule has 0 saturated carbocycles. The normalized spacial score (nSPS) is 10.7. The number of hydrogen-bond acceptors (Lipinski definition) is 3. The lowest BCUT2D eigenvalue weighted by Gasteiger charge is -2.07. The zero-order valence-electron chi connectivity index (χ0n) is 13.8. The molecule has 0 aliphatic heterocycles. The highest BCUT2D eigenvalue weighted by molar-refractivity contribution is 5.94. The fourth-order valence-corrected chi connectivity index (χ4v) is 2.10. The molecule has 26 heavy (non-hydrogen) atoms. The van der Waals surface area contributed by atoms with Crippen LogP contribution in [-0.4, -0.2) is 31.5 Å². The summed E-state index contributed by atoms with van der Waals surface area (Å²) in [5.41, 5.74) is 0.898. The lowest BCUT2D eigenvalue weighted by atomic mass is 10.2. The van der Waals surface area contributed by atoms with Gasteiger partial charge in [-0.25, -0.2) is 0 Å². The molecule has 5 nitrogen and oxygen atoms in total. The minimum atomic E-state index is -2.94. The van der Waals surface area contributed by atoms with Crippen LogP contribution in [-0.2, 0) is 4.79 Å². The predicted octanol–water partition coefficient (Wildman–Crippen LogP) is 2.85. The molecule has 0 saturated heterocycles. The predicted molar refractivity (Wildman–Crippen MR) is 93.9 cm³/mol. The summed E-state index contributed by atoms with van der Waals surface area (Å²) in [5.74, 6) is -0.652. The van der Waals surface area contributed by atoms with Crippen LogP contribution in [0.1, 0.15) is 15.9 Å². The number of rotatable bonds is 8. The van der Waals surface area contributed by atoms with E-state index in [9.17, 15) is 18.4 Å². The zero-order chi connectivity index (χ0) is 18.8. The highest BCUT2D eigenvalue weighted by Gasteiger charge is 2.07. The molecule has 0 aliphatic carbocycles. The van der Waals surface area contributed by atoms with E-state index < -0.39 is 12.5 Å². The molecule has 0 aliphatic rings. The second-order valence-corrected chi connectivity index (χ2v) is 5.16. The summed E-state index contributed by atoms with van der Waals surface area (Å²) in [4.78, 5) is 23.6. The Balaban J connectivity index is 1.77. The summed E-state index contributed by atoms with van der Waals surface area (Å²) in [6.45, 7) is -2.44. The first-order chi connectivity index (χ1) is 12.6. The van der Waals surface area contributed by atoms with Gasteiger partial charge in [0.15, 0.2) is 0 Å². The molecule has 2 amide bonds. The molecule has 2 rings (SSSR count). The standard InChI is InChI=1S/C19H18F2N2O3/c20-19(21)26-16-9-5-4-6-14(16)10-11-17(24)22-12-13-23-18(25)15-7-2-1-3-8-15/h1-11,19H,12-13H2,(H,22,24)(H,23,25)/b11-10+. The average Bonchev–Trinajstić information content (AvgIpc) is 2.64. The third-order valence-electron chi connectivity index (χ3n) is 3.30. The Morgan fingerprint density at radius 1 is 0.962 bits per heavy atom. The van der Waals surface area contributed by atoms with Gasteiger partial charge >= 0.3 is 6.61 Å². The molecule has 0 heterocycles. The summed E-state index contributed by atoms with van der Waals surface area (Å²) >= 11 is 0. The minimum Gasteiger partial charge on any atom is -0.434 e. The quantitative estimate of drug-likeness (QED) is 0.562. The van der Waals surface area contributed by atoms with Crippen LogP contribution in [0.25, 0.3) is 6.08 Å². The van der Waals surface area contributed by atoms with Gasteiger partial charge in [-0.2, -0.15) is 8.78 Å². The largest absolute Gasteiger partial charge is 0.434 e. The Morgan fingerprint density at radius 3 is 2.35 bits per heavy atom. The van der Waals surface area contributed by atoms with Crippen molar-refractivity contribution in [3.8, 4) is 5.75 Å². The molecule has 0 unspecified atom stereocenters. The van der Waals surface area contributed by atoms with Crippen molar-refractivity contribution in [2.24, 2.45) is 0 Å². The van der Waals surface area contributed by atoms with Crippen LogP contribution >= 0.6 is 0 Å². The number of carbonyl (C=O) groups is 2. The van der Waals surface area contributed by atoms with Crippen molar-refractivity contribution >= 4 is 17.9 Å². The first kappa shape index (κ1) is 19.1. The molecule has 0 fully saturated rings. The molecule has 2 aromatic rings. The van der Waals surface area contributed by atoms with Gasteiger partial charge in [0, 0.05) is 30.3 Å². The Morgan fingerprint density at radius 2 is 1.62 bits per heavy atom. The van der Waals surface area contributed by atoms with Crippen molar-refractivity contribution in [1.29, 1.82) is 0 Å². The maximum atomic E-state index is 12.3. The highest BCUT2D eigenvalue weighted by atomic mass is 19.3. The topological polar surface area (TPSA) is 67.4 Å². The molecule has 0 radical (unpaired) electrons. The van der Waals surface area contributed by atoms with Gasteiger partial charge in [0.1, 0.15) is 5.75 Å². The first-order valence-electron chi connectivity index (χ1n) is 7.89. The number of amides is 2. The van der Waals surface area contributed by atoms with Crippen molar-refractivity contribution in [3.63, 3.8) is 0 Å². The van der Waals surface area contributed by atoms with E-state index in [0.717, 1.165) is 0 Å². The molecule has 0 bridgehead atoms. The van der Waals surface area contributed by atoms with Crippen molar-refractivity contribution in [1.82, 2.24) is 10.6 Å². The van der Waals surface area contributed by atoms with Gasteiger partial charge in [-0.15, -0.1) is 0 Å². The van der Waals surface area contributed by atoms with E-state index in [4.69, 9.17) is 0 Å². The third kappa shape index (κ3) is 6.35. The van der Waals surface area contributed by atoms with E-state index in [-0.39, 0.29) is 24.7 Å². The molecule has 0 aromatic heterocycles. The molecule has 0 spiro atoms. The lowest BCUT2D eigenvalue weighted by Crippen LogP contribution is -2.33. The molecule has 2 aromatic carbocycles. The van der Waals surface area contributed by atoms with Crippen LogP contribution in [0.5, 0.6) is 5.75 Å². The number of para-hydroxylation sites is 1. The van der Waals surface area contributed by atoms with Crippen molar-refractivity contribution < 1.29 is 23.1 Å². The molecule has 2 N–H and O–H groups in total. The van der Waals surface area contributed by atoms with Crippen LogP contribution in [0.4, 0.5) is 8.78 Å². The van der Waals surface area contributed by atoms with E-state index in [2.05, 4.69) is 15.4 Å². The Hall–Kier alpha value is -3.22. The molecule has 136 valence electrons. The van der Waals surface area contributed by atoms with Crippen LogP contribution in [0, 0.1) is 0 Å². The Labute approximate surface area is 149 Å². The van der Waals surface area contributed by atoms with E-state index in [1.807, 2.05) is 6.07 Å². The monoisotopic (exact) mass is 360 g/mol. The average molecular weight is 360 g/mol. The summed E-state index contributed by atoms with van der Waals surface area (Å²) in [5, 5.41) is 5.27. The number of carbonyl (C=O) groups excluding carboxylic acids is 2. The van der Waals surface area contributed by atoms with E-state index >= 15 is 0 Å². The number of nitrogens with one attached hydrogen (secondary N) is 2. The van der Waals surface area contributed by atoms with Crippen LogP contribution in [0.15, 0.2) is 60.7 Å². The first-order valence-corrected chi connectivity index (χ1v) is 7.89. The second-order valence-electron chi connectivity index (χ2n) is 5.16. The van der Waals surface area contributed by atoms with Gasteiger partial charge in [-0.3, -0.25) is 9.59 Å². The third-order valence-corrected chi connectivity index (χ3v) is 3.30. The smallest absolute Gasteiger partial charge is 0.387 e. The van der Waals surface area contributed by atoms with Gasteiger partial charge in [-0.1, -0.05) is 36.4 Å². The zero-order valence-corrected chi connectivity index (χ0v) is 13.8. The van der Waals surface area contributed by atoms with E-state index in [1.54, 1.807) is 42.5 Å².